The molecule has 4 heteroatoms. The maximum atomic E-state index is 11.9. The average Bonchev–Trinajstić information content (AvgIpc) is 2.41. The van der Waals surface area contributed by atoms with Gasteiger partial charge in [-0.2, -0.15) is 0 Å². The molecule has 0 radical (unpaired) electrons. The Morgan fingerprint density at radius 2 is 1.90 bits per heavy atom. The first-order valence-corrected chi connectivity index (χ1v) is 7.52. The number of rotatable bonds is 4. The molecule has 2 nitrogen and oxygen atoms in total. The Hall–Kier alpha value is -1.32. The van der Waals surface area contributed by atoms with Crippen LogP contribution in [0.2, 0.25) is 5.02 Å². The summed E-state index contributed by atoms with van der Waals surface area (Å²) in [5, 5.41) is 3.62. The first-order chi connectivity index (χ1) is 9.54. The number of benzene rings is 2. The number of halogens is 2. The van der Waals surface area contributed by atoms with Crippen molar-refractivity contribution in [2.45, 2.75) is 19.8 Å². The van der Waals surface area contributed by atoms with Crippen LogP contribution in [0.3, 0.4) is 0 Å². The Bertz CT molecular complexity index is 610. The highest BCUT2D eigenvalue weighted by Gasteiger charge is 2.06. The summed E-state index contributed by atoms with van der Waals surface area (Å²) in [5.41, 5.74) is 3.06. The molecule has 0 unspecified atom stereocenters. The second-order valence-corrected chi connectivity index (χ2v) is 5.95. The van der Waals surface area contributed by atoms with Gasteiger partial charge < -0.3 is 5.32 Å². The van der Waals surface area contributed by atoms with Crippen molar-refractivity contribution in [3.8, 4) is 0 Å². The van der Waals surface area contributed by atoms with Crippen LogP contribution < -0.4 is 5.32 Å². The quantitative estimate of drug-likeness (QED) is 0.826. The van der Waals surface area contributed by atoms with Crippen LogP contribution in [0.4, 0.5) is 5.69 Å². The van der Waals surface area contributed by atoms with Crippen molar-refractivity contribution in [1.82, 2.24) is 0 Å². The van der Waals surface area contributed by atoms with Gasteiger partial charge in [0.25, 0.3) is 0 Å². The van der Waals surface area contributed by atoms with Crippen molar-refractivity contribution in [2.24, 2.45) is 0 Å². The number of anilines is 1. The van der Waals surface area contributed by atoms with Crippen LogP contribution in [-0.2, 0) is 11.2 Å². The van der Waals surface area contributed by atoms with Crippen LogP contribution >= 0.6 is 27.5 Å². The fourth-order valence-corrected chi connectivity index (χ4v) is 2.56. The SMILES string of the molecule is Cc1ccc(NC(=O)CCc2ccc(Cl)cc2)c(Br)c1. The number of aryl methyl sites for hydroxylation is 2. The molecule has 1 N–H and O–H groups in total. The van der Waals surface area contributed by atoms with Crippen molar-refractivity contribution in [3.63, 3.8) is 0 Å². The minimum Gasteiger partial charge on any atom is -0.325 e. The first kappa shape index (κ1) is 15.1. The van der Waals surface area contributed by atoms with Crippen LogP contribution in [0, 0.1) is 6.92 Å². The van der Waals surface area contributed by atoms with Gasteiger partial charge in [0.15, 0.2) is 0 Å². The molecule has 0 spiro atoms. The molecule has 0 aliphatic carbocycles. The molecule has 2 aromatic carbocycles. The summed E-state index contributed by atoms with van der Waals surface area (Å²) in [7, 11) is 0. The van der Waals surface area contributed by atoms with Crippen LogP contribution in [0.25, 0.3) is 0 Å². The Labute approximate surface area is 132 Å². The highest BCUT2D eigenvalue weighted by molar-refractivity contribution is 9.10. The number of hydrogen-bond acceptors (Lipinski definition) is 1. The normalized spacial score (nSPS) is 10.3. The third-order valence-electron chi connectivity index (χ3n) is 2.95. The van der Waals surface area contributed by atoms with E-state index in [1.807, 2.05) is 49.4 Å². The molecule has 104 valence electrons. The average molecular weight is 353 g/mol. The van der Waals surface area contributed by atoms with Crippen LogP contribution in [-0.4, -0.2) is 5.91 Å². The Kier molecular flexibility index (Phi) is 5.21. The molecule has 0 fully saturated rings. The molecule has 2 aromatic rings. The van der Waals surface area contributed by atoms with Crippen molar-refractivity contribution in [3.05, 3.63) is 63.1 Å². The number of nitrogens with one attached hydrogen (secondary N) is 1. The summed E-state index contributed by atoms with van der Waals surface area (Å²) in [6.45, 7) is 2.01. The fourth-order valence-electron chi connectivity index (χ4n) is 1.84. The zero-order chi connectivity index (χ0) is 14.5. The van der Waals surface area contributed by atoms with Crippen molar-refractivity contribution in [1.29, 1.82) is 0 Å². The second kappa shape index (κ2) is 6.91. The van der Waals surface area contributed by atoms with Gasteiger partial charge in [-0.15, -0.1) is 0 Å². The smallest absolute Gasteiger partial charge is 0.224 e. The Balaban J connectivity index is 1.90. The summed E-state index contributed by atoms with van der Waals surface area (Å²) >= 11 is 9.28. The summed E-state index contributed by atoms with van der Waals surface area (Å²) in [4.78, 5) is 11.9. The lowest BCUT2D eigenvalue weighted by molar-refractivity contribution is -0.116. The van der Waals surface area contributed by atoms with E-state index in [-0.39, 0.29) is 5.91 Å². The zero-order valence-electron chi connectivity index (χ0n) is 11.1. The lowest BCUT2D eigenvalue weighted by Crippen LogP contribution is -2.12. The van der Waals surface area contributed by atoms with E-state index in [1.54, 1.807) is 0 Å². The lowest BCUT2D eigenvalue weighted by atomic mass is 10.1. The number of carbonyl (C=O) groups excluding carboxylic acids is 1. The highest BCUT2D eigenvalue weighted by Crippen LogP contribution is 2.23. The van der Waals surface area contributed by atoms with Crippen molar-refractivity contribution < 1.29 is 4.79 Å². The molecular weight excluding hydrogens is 338 g/mol. The van der Waals surface area contributed by atoms with E-state index in [1.165, 1.54) is 0 Å². The number of amides is 1. The van der Waals surface area contributed by atoms with E-state index in [2.05, 4.69) is 21.2 Å². The van der Waals surface area contributed by atoms with Gasteiger partial charge in [0.1, 0.15) is 0 Å². The standard InChI is InChI=1S/C16H15BrClNO/c1-11-2-8-15(14(17)10-11)19-16(20)9-5-12-3-6-13(18)7-4-12/h2-4,6-8,10H,5,9H2,1H3,(H,19,20). The van der Waals surface area contributed by atoms with Gasteiger partial charge in [-0.25, -0.2) is 0 Å². The van der Waals surface area contributed by atoms with Gasteiger partial charge in [-0.3, -0.25) is 4.79 Å². The molecule has 0 atom stereocenters. The predicted molar refractivity (Wildman–Crippen MR) is 87.3 cm³/mol. The third-order valence-corrected chi connectivity index (χ3v) is 3.86. The molecule has 0 saturated carbocycles. The van der Waals surface area contributed by atoms with E-state index < -0.39 is 0 Å². The van der Waals surface area contributed by atoms with Crippen LogP contribution in [0.5, 0.6) is 0 Å². The summed E-state index contributed by atoms with van der Waals surface area (Å²) in [6, 6.07) is 13.4. The molecule has 0 aromatic heterocycles. The van der Waals surface area contributed by atoms with E-state index in [9.17, 15) is 4.79 Å². The molecule has 0 bridgehead atoms. The Morgan fingerprint density at radius 1 is 1.20 bits per heavy atom. The van der Waals surface area contributed by atoms with Gasteiger partial charge in [0.05, 0.1) is 5.69 Å². The molecule has 20 heavy (non-hydrogen) atoms. The van der Waals surface area contributed by atoms with Crippen LogP contribution in [0.15, 0.2) is 46.9 Å². The molecule has 0 heterocycles. The molecule has 0 aliphatic heterocycles. The van der Waals surface area contributed by atoms with E-state index in [0.717, 1.165) is 21.3 Å². The summed E-state index contributed by atoms with van der Waals surface area (Å²) in [6.07, 6.45) is 1.15. The topological polar surface area (TPSA) is 29.1 Å². The van der Waals surface area contributed by atoms with Gasteiger partial charge >= 0.3 is 0 Å². The largest absolute Gasteiger partial charge is 0.325 e. The number of carbonyl (C=O) groups is 1. The van der Waals surface area contributed by atoms with Gasteiger partial charge in [-0.1, -0.05) is 29.8 Å². The summed E-state index contributed by atoms with van der Waals surface area (Å²) < 4.78 is 0.900. The molecule has 0 aliphatic rings. The molecule has 1 amide bonds. The van der Waals surface area contributed by atoms with Gasteiger partial charge in [-0.05, 0) is 64.7 Å². The maximum absolute atomic E-state index is 11.9. The highest BCUT2D eigenvalue weighted by atomic mass is 79.9. The minimum absolute atomic E-state index is 0.00417. The molecule has 0 saturated heterocycles. The van der Waals surface area contributed by atoms with Crippen molar-refractivity contribution in [2.75, 3.05) is 5.32 Å². The second-order valence-electron chi connectivity index (χ2n) is 4.66. The lowest BCUT2D eigenvalue weighted by Gasteiger charge is -2.08. The third kappa shape index (κ3) is 4.36. The first-order valence-electron chi connectivity index (χ1n) is 6.35. The Morgan fingerprint density at radius 3 is 2.55 bits per heavy atom. The van der Waals surface area contributed by atoms with E-state index >= 15 is 0 Å². The molecular formula is C16H15BrClNO. The van der Waals surface area contributed by atoms with E-state index in [0.29, 0.717) is 17.9 Å². The predicted octanol–water partition coefficient (Wildman–Crippen LogP) is 4.98. The van der Waals surface area contributed by atoms with Crippen LogP contribution in [0.1, 0.15) is 17.5 Å². The van der Waals surface area contributed by atoms with Gasteiger partial charge in [0, 0.05) is 15.9 Å². The monoisotopic (exact) mass is 351 g/mol. The van der Waals surface area contributed by atoms with Crippen molar-refractivity contribution >= 4 is 39.1 Å². The van der Waals surface area contributed by atoms with Gasteiger partial charge in [0.2, 0.25) is 5.91 Å². The van der Waals surface area contributed by atoms with E-state index in [4.69, 9.17) is 11.6 Å². The minimum atomic E-state index is 0.00417. The maximum Gasteiger partial charge on any atom is 0.224 e. The number of hydrogen-bond donors (Lipinski definition) is 1. The fraction of sp³-hybridized carbons (Fsp3) is 0.188. The summed E-state index contributed by atoms with van der Waals surface area (Å²) in [5.74, 6) is 0.00417. The molecule has 2 rings (SSSR count). The zero-order valence-corrected chi connectivity index (χ0v) is 13.5.